The minimum absolute atomic E-state index is 0.405. The summed E-state index contributed by atoms with van der Waals surface area (Å²) in [6.07, 6.45) is 5.22. The van der Waals surface area contributed by atoms with Crippen molar-refractivity contribution in [2.45, 2.75) is 44.9 Å². The van der Waals surface area contributed by atoms with Gasteiger partial charge in [-0.25, -0.2) is 0 Å². The molecule has 130 valence electrons. The highest BCUT2D eigenvalue weighted by Gasteiger charge is 2.28. The summed E-state index contributed by atoms with van der Waals surface area (Å²) in [6, 6.07) is 14.7. The van der Waals surface area contributed by atoms with E-state index in [2.05, 4.69) is 21.9 Å². The molecule has 4 heteroatoms. The van der Waals surface area contributed by atoms with Crippen molar-refractivity contribution in [1.82, 2.24) is 4.90 Å². The molecule has 1 aliphatic heterocycles. The summed E-state index contributed by atoms with van der Waals surface area (Å²) in [5.41, 5.74) is 1.13. The molecule has 2 heterocycles. The van der Waals surface area contributed by atoms with Gasteiger partial charge in [-0.2, -0.15) is 0 Å². The van der Waals surface area contributed by atoms with Crippen LogP contribution in [0.15, 0.2) is 53.1 Å². The fraction of sp³-hybridized carbons (Fsp3) is 0.500. The molecule has 1 fully saturated rings. The molecule has 0 saturated carbocycles. The number of rotatable bonds is 7. The minimum Gasteiger partial charge on any atom is -0.469 e. The van der Waals surface area contributed by atoms with Crippen molar-refractivity contribution in [3.8, 4) is 0 Å². The van der Waals surface area contributed by atoms with Crippen LogP contribution in [0.5, 0.6) is 0 Å². The summed E-state index contributed by atoms with van der Waals surface area (Å²) in [5.74, 6) is 1.06. The molecule has 1 aromatic carbocycles. The number of anilines is 1. The van der Waals surface area contributed by atoms with Gasteiger partial charge in [-0.3, -0.25) is 0 Å². The molecular formula is C20H28N2O2. The maximum absolute atomic E-state index is 10.5. The van der Waals surface area contributed by atoms with Gasteiger partial charge < -0.3 is 19.3 Å². The summed E-state index contributed by atoms with van der Waals surface area (Å²) < 4.78 is 5.42. The highest BCUT2D eigenvalue weighted by atomic mass is 16.3. The molecule has 1 unspecified atom stereocenters. The lowest BCUT2D eigenvalue weighted by Crippen LogP contribution is -2.49. The Labute approximate surface area is 144 Å². The SMILES string of the molecule is CCC(O)N(c1ccccc1)C1CCN(CCc2ccco2)CC1. The van der Waals surface area contributed by atoms with Gasteiger partial charge in [-0.1, -0.05) is 25.1 Å². The average Bonchev–Trinajstić information content (AvgIpc) is 3.15. The van der Waals surface area contributed by atoms with Crippen molar-refractivity contribution >= 4 is 5.69 Å². The van der Waals surface area contributed by atoms with Crippen LogP contribution < -0.4 is 4.90 Å². The zero-order valence-electron chi connectivity index (χ0n) is 14.5. The summed E-state index contributed by atoms with van der Waals surface area (Å²) in [6.45, 7) is 5.23. The van der Waals surface area contributed by atoms with Gasteiger partial charge in [-0.05, 0) is 43.5 Å². The Hall–Kier alpha value is -1.78. The van der Waals surface area contributed by atoms with E-state index >= 15 is 0 Å². The first kappa shape index (κ1) is 17.1. The number of piperidine rings is 1. The van der Waals surface area contributed by atoms with Crippen molar-refractivity contribution in [3.05, 3.63) is 54.5 Å². The molecule has 24 heavy (non-hydrogen) atoms. The van der Waals surface area contributed by atoms with Crippen molar-refractivity contribution in [3.63, 3.8) is 0 Å². The van der Waals surface area contributed by atoms with Crippen LogP contribution in [0.3, 0.4) is 0 Å². The van der Waals surface area contributed by atoms with E-state index in [9.17, 15) is 5.11 Å². The van der Waals surface area contributed by atoms with Crippen LogP contribution in [-0.2, 0) is 6.42 Å². The lowest BCUT2D eigenvalue weighted by Gasteiger charge is -2.42. The van der Waals surface area contributed by atoms with E-state index in [1.165, 1.54) is 0 Å². The Kier molecular flexibility index (Phi) is 5.94. The van der Waals surface area contributed by atoms with Gasteiger partial charge in [0, 0.05) is 37.8 Å². The molecule has 1 atom stereocenters. The van der Waals surface area contributed by atoms with Gasteiger partial charge >= 0.3 is 0 Å². The van der Waals surface area contributed by atoms with Gasteiger partial charge in [0.05, 0.1) is 6.26 Å². The quantitative estimate of drug-likeness (QED) is 0.790. The molecule has 0 bridgehead atoms. The summed E-state index contributed by atoms with van der Waals surface area (Å²) in [4.78, 5) is 4.71. The van der Waals surface area contributed by atoms with Gasteiger partial charge in [0.15, 0.2) is 0 Å². The van der Waals surface area contributed by atoms with Gasteiger partial charge in [0.2, 0.25) is 0 Å². The highest BCUT2D eigenvalue weighted by molar-refractivity contribution is 5.47. The minimum atomic E-state index is -0.410. The predicted molar refractivity (Wildman–Crippen MR) is 97.1 cm³/mol. The second-order valence-electron chi connectivity index (χ2n) is 6.53. The van der Waals surface area contributed by atoms with Crippen molar-refractivity contribution in [2.24, 2.45) is 0 Å². The molecule has 0 aliphatic carbocycles. The highest BCUT2D eigenvalue weighted by Crippen LogP contribution is 2.26. The average molecular weight is 328 g/mol. The number of hydrogen-bond donors (Lipinski definition) is 1. The first-order chi connectivity index (χ1) is 11.8. The van der Waals surface area contributed by atoms with Crippen LogP contribution in [0.1, 0.15) is 31.9 Å². The molecule has 1 saturated heterocycles. The molecule has 4 nitrogen and oxygen atoms in total. The Balaban J connectivity index is 1.57. The van der Waals surface area contributed by atoms with Crippen molar-refractivity contribution < 1.29 is 9.52 Å². The summed E-state index contributed by atoms with van der Waals surface area (Å²) >= 11 is 0. The molecular weight excluding hydrogens is 300 g/mol. The normalized spacial score (nSPS) is 17.8. The number of hydrogen-bond acceptors (Lipinski definition) is 4. The fourth-order valence-electron chi connectivity index (χ4n) is 3.57. The molecule has 1 N–H and O–H groups in total. The van der Waals surface area contributed by atoms with E-state index in [4.69, 9.17) is 4.42 Å². The zero-order valence-corrected chi connectivity index (χ0v) is 14.5. The van der Waals surface area contributed by atoms with Crippen LogP contribution in [0.25, 0.3) is 0 Å². The Morgan fingerprint density at radius 1 is 1.17 bits per heavy atom. The smallest absolute Gasteiger partial charge is 0.126 e. The Bertz CT molecular complexity index is 577. The number of aliphatic hydroxyl groups excluding tert-OH is 1. The number of likely N-dealkylation sites (tertiary alicyclic amines) is 1. The van der Waals surface area contributed by atoms with Gasteiger partial charge in [-0.15, -0.1) is 0 Å². The van der Waals surface area contributed by atoms with Crippen LogP contribution >= 0.6 is 0 Å². The van der Waals surface area contributed by atoms with Gasteiger partial charge in [0.1, 0.15) is 12.0 Å². The molecule has 2 aromatic rings. The third-order valence-corrected chi connectivity index (χ3v) is 4.95. The number of benzene rings is 1. The summed E-state index contributed by atoms with van der Waals surface area (Å²) in [7, 11) is 0. The number of nitrogens with zero attached hydrogens (tertiary/aromatic N) is 2. The molecule has 1 aromatic heterocycles. The zero-order chi connectivity index (χ0) is 16.8. The molecule has 0 radical (unpaired) electrons. The maximum atomic E-state index is 10.5. The van der Waals surface area contributed by atoms with Crippen LogP contribution in [0, 0.1) is 0 Å². The number of aliphatic hydroxyl groups is 1. The van der Waals surface area contributed by atoms with Crippen LogP contribution in [0.4, 0.5) is 5.69 Å². The second-order valence-corrected chi connectivity index (χ2v) is 6.53. The number of furan rings is 1. The first-order valence-electron chi connectivity index (χ1n) is 9.04. The Morgan fingerprint density at radius 2 is 1.92 bits per heavy atom. The standard InChI is InChI=1S/C20H28N2O2/c1-2-20(23)22(17-7-4-3-5-8-17)18-10-13-21(14-11-18)15-12-19-9-6-16-24-19/h3-9,16,18,20,23H,2,10-15H2,1H3. The van der Waals surface area contributed by atoms with E-state index in [0.29, 0.717) is 6.04 Å². The van der Waals surface area contributed by atoms with Crippen LogP contribution in [-0.4, -0.2) is 41.9 Å². The van der Waals surface area contributed by atoms with Crippen molar-refractivity contribution in [2.75, 3.05) is 24.5 Å². The van der Waals surface area contributed by atoms with E-state index in [1.807, 2.05) is 37.3 Å². The molecule has 0 spiro atoms. The van der Waals surface area contributed by atoms with E-state index in [1.54, 1.807) is 6.26 Å². The predicted octanol–water partition coefficient (Wildman–Crippen LogP) is 3.52. The largest absolute Gasteiger partial charge is 0.469 e. The third-order valence-electron chi connectivity index (χ3n) is 4.95. The monoisotopic (exact) mass is 328 g/mol. The first-order valence-corrected chi connectivity index (χ1v) is 9.04. The maximum Gasteiger partial charge on any atom is 0.126 e. The van der Waals surface area contributed by atoms with E-state index < -0.39 is 6.23 Å². The lowest BCUT2D eigenvalue weighted by molar-refractivity contribution is 0.130. The van der Waals surface area contributed by atoms with E-state index in [-0.39, 0.29) is 0 Å². The second kappa shape index (κ2) is 8.36. The molecule has 3 rings (SSSR count). The molecule has 0 amide bonds. The van der Waals surface area contributed by atoms with Gasteiger partial charge in [0.25, 0.3) is 0 Å². The Morgan fingerprint density at radius 3 is 2.54 bits per heavy atom. The topological polar surface area (TPSA) is 39.9 Å². The molecule has 1 aliphatic rings. The fourth-order valence-corrected chi connectivity index (χ4v) is 3.57. The summed E-state index contributed by atoms with van der Waals surface area (Å²) in [5, 5.41) is 10.5. The lowest BCUT2D eigenvalue weighted by atomic mass is 10.0. The van der Waals surface area contributed by atoms with Crippen LogP contribution in [0.2, 0.25) is 0 Å². The third kappa shape index (κ3) is 4.19. The van der Waals surface area contributed by atoms with E-state index in [0.717, 1.165) is 56.8 Å². The van der Waals surface area contributed by atoms with Crippen molar-refractivity contribution in [1.29, 1.82) is 0 Å². The number of para-hydroxylation sites is 1.